The highest BCUT2D eigenvalue weighted by molar-refractivity contribution is 6.31. The summed E-state index contributed by atoms with van der Waals surface area (Å²) < 4.78 is 19.7. The Balaban J connectivity index is 1.65. The van der Waals surface area contributed by atoms with Gasteiger partial charge in [-0.15, -0.1) is 0 Å². The van der Waals surface area contributed by atoms with Gasteiger partial charge in [0.05, 0.1) is 33.7 Å². The summed E-state index contributed by atoms with van der Waals surface area (Å²) in [5.74, 6) is -1.64. The van der Waals surface area contributed by atoms with Gasteiger partial charge in [-0.1, -0.05) is 17.7 Å². The smallest absolute Gasteiger partial charge is 0.277 e. The fourth-order valence-corrected chi connectivity index (χ4v) is 3.66. The van der Waals surface area contributed by atoms with E-state index in [0.717, 1.165) is 18.2 Å². The summed E-state index contributed by atoms with van der Waals surface area (Å²) >= 11 is 6.10. The van der Waals surface area contributed by atoms with Crippen LogP contribution in [0.2, 0.25) is 5.02 Å². The molecule has 4 rings (SSSR count). The first-order chi connectivity index (χ1) is 16.6. The molecule has 0 fully saturated rings. The number of hydrogen-bond donors (Lipinski definition) is 1. The van der Waals surface area contributed by atoms with Gasteiger partial charge in [0.1, 0.15) is 11.6 Å². The first kappa shape index (κ1) is 23.6. The average molecular weight is 501 g/mol. The van der Waals surface area contributed by atoms with Crippen molar-refractivity contribution in [1.82, 2.24) is 0 Å². The van der Waals surface area contributed by atoms with Gasteiger partial charge < -0.3 is 15.0 Å². The molecule has 35 heavy (non-hydrogen) atoms. The second-order valence-corrected chi connectivity index (χ2v) is 7.76. The highest BCUT2D eigenvalue weighted by Crippen LogP contribution is 2.37. The third-order valence-corrected chi connectivity index (χ3v) is 5.48. The summed E-state index contributed by atoms with van der Waals surface area (Å²) in [7, 11) is 0. The lowest BCUT2D eigenvalue weighted by Crippen LogP contribution is -2.38. The van der Waals surface area contributed by atoms with Crippen LogP contribution in [0.3, 0.4) is 0 Å². The number of nitro groups is 2. The quantitative estimate of drug-likeness (QED) is 0.388. The van der Waals surface area contributed by atoms with Crippen molar-refractivity contribution in [2.75, 3.05) is 16.8 Å². The van der Waals surface area contributed by atoms with Gasteiger partial charge >= 0.3 is 0 Å². The first-order valence-corrected chi connectivity index (χ1v) is 10.3. The van der Waals surface area contributed by atoms with Crippen LogP contribution in [0.4, 0.5) is 27.1 Å². The van der Waals surface area contributed by atoms with Crippen LogP contribution >= 0.6 is 11.6 Å². The Kier molecular flexibility index (Phi) is 6.30. The fraction of sp³-hybridized carbons (Fsp3) is 0.0909. The Hall–Kier alpha value is -4.58. The van der Waals surface area contributed by atoms with E-state index in [9.17, 15) is 34.2 Å². The zero-order chi connectivity index (χ0) is 25.3. The molecule has 3 aromatic carbocycles. The van der Waals surface area contributed by atoms with Crippen LogP contribution in [0, 0.1) is 26.0 Å². The molecular formula is C22H14ClFN4O7. The molecule has 0 bridgehead atoms. The van der Waals surface area contributed by atoms with Gasteiger partial charge in [-0.3, -0.25) is 29.8 Å². The Morgan fingerprint density at radius 3 is 2.40 bits per heavy atom. The number of nitrogens with zero attached hydrogens (tertiary/aromatic N) is 3. The average Bonchev–Trinajstić information content (AvgIpc) is 2.82. The molecule has 0 spiro atoms. The number of rotatable bonds is 6. The van der Waals surface area contributed by atoms with E-state index in [0.29, 0.717) is 5.75 Å². The van der Waals surface area contributed by atoms with Crippen LogP contribution < -0.4 is 15.0 Å². The van der Waals surface area contributed by atoms with E-state index in [4.69, 9.17) is 16.3 Å². The molecule has 11 nitrogen and oxygen atoms in total. The predicted molar refractivity (Wildman–Crippen MR) is 122 cm³/mol. The van der Waals surface area contributed by atoms with Crippen LogP contribution in [0.5, 0.6) is 5.75 Å². The zero-order valence-electron chi connectivity index (χ0n) is 17.6. The lowest BCUT2D eigenvalue weighted by molar-refractivity contribution is -0.394. The van der Waals surface area contributed by atoms with E-state index in [2.05, 4.69) is 5.32 Å². The number of carbonyl (C=O) groups excluding carboxylic acids is 2. The van der Waals surface area contributed by atoms with Crippen molar-refractivity contribution in [3.8, 4) is 5.75 Å². The van der Waals surface area contributed by atoms with E-state index >= 15 is 0 Å². The third-order valence-electron chi connectivity index (χ3n) is 5.12. The Morgan fingerprint density at radius 2 is 1.77 bits per heavy atom. The van der Waals surface area contributed by atoms with E-state index in [1.54, 1.807) is 0 Å². The maximum absolute atomic E-state index is 14.3. The van der Waals surface area contributed by atoms with Gasteiger partial charge in [0, 0.05) is 28.4 Å². The van der Waals surface area contributed by atoms with Crippen molar-refractivity contribution in [3.63, 3.8) is 0 Å². The molecule has 0 saturated carbocycles. The van der Waals surface area contributed by atoms with Crippen LogP contribution in [0.15, 0.2) is 54.6 Å². The van der Waals surface area contributed by atoms with Gasteiger partial charge in [0.15, 0.2) is 6.61 Å². The molecular weight excluding hydrogens is 487 g/mol. The predicted octanol–water partition coefficient (Wildman–Crippen LogP) is 4.47. The highest BCUT2D eigenvalue weighted by atomic mass is 35.5. The van der Waals surface area contributed by atoms with Crippen LogP contribution in [-0.2, 0) is 11.3 Å². The van der Waals surface area contributed by atoms with Gasteiger partial charge in [-0.2, -0.15) is 0 Å². The molecule has 1 N–H and O–H groups in total. The molecule has 1 aliphatic rings. The van der Waals surface area contributed by atoms with Crippen molar-refractivity contribution in [1.29, 1.82) is 0 Å². The topological polar surface area (TPSA) is 145 Å². The summed E-state index contributed by atoms with van der Waals surface area (Å²) in [6.07, 6.45) is 0. The molecule has 178 valence electrons. The van der Waals surface area contributed by atoms with Gasteiger partial charge in [-0.25, -0.2) is 4.39 Å². The summed E-state index contributed by atoms with van der Waals surface area (Å²) in [5.41, 5.74) is -1.09. The van der Waals surface area contributed by atoms with Crippen molar-refractivity contribution < 1.29 is 28.6 Å². The second kappa shape index (κ2) is 9.35. The van der Waals surface area contributed by atoms with Crippen molar-refractivity contribution in [2.24, 2.45) is 0 Å². The normalized spacial score (nSPS) is 12.5. The fourth-order valence-electron chi connectivity index (χ4n) is 3.44. The largest absolute Gasteiger partial charge is 0.482 e. The summed E-state index contributed by atoms with van der Waals surface area (Å²) in [6.45, 7) is -0.489. The summed E-state index contributed by atoms with van der Waals surface area (Å²) in [4.78, 5) is 47.0. The maximum Gasteiger partial charge on any atom is 0.277 e. The van der Waals surface area contributed by atoms with E-state index in [1.807, 2.05) is 0 Å². The first-order valence-electron chi connectivity index (χ1n) is 9.89. The number of ether oxygens (including phenoxy) is 1. The minimum Gasteiger partial charge on any atom is -0.482 e. The number of non-ortho nitro benzene ring substituents is 2. The van der Waals surface area contributed by atoms with E-state index in [-0.39, 0.29) is 40.7 Å². The maximum atomic E-state index is 14.3. The van der Waals surface area contributed by atoms with Crippen LogP contribution in [0.25, 0.3) is 0 Å². The Bertz CT molecular complexity index is 1350. The van der Waals surface area contributed by atoms with Crippen molar-refractivity contribution in [2.45, 2.75) is 6.54 Å². The summed E-state index contributed by atoms with van der Waals surface area (Å²) in [5, 5.41) is 24.8. The third kappa shape index (κ3) is 4.87. The minimum atomic E-state index is -0.858. The lowest BCUT2D eigenvalue weighted by Gasteiger charge is -2.30. The highest BCUT2D eigenvalue weighted by Gasteiger charge is 2.28. The van der Waals surface area contributed by atoms with E-state index in [1.165, 1.54) is 41.3 Å². The molecule has 0 aromatic heterocycles. The molecule has 0 atom stereocenters. The SMILES string of the molecule is O=C(Nc1ccc2c(c1)N(Cc1c(F)cccc1Cl)C(=O)CO2)c1cc([N+](=O)[O-])cc([N+](=O)[O-])c1. The number of nitro benzene ring substituents is 2. The molecule has 3 aromatic rings. The second-order valence-electron chi connectivity index (χ2n) is 7.36. The number of carbonyl (C=O) groups is 2. The van der Waals surface area contributed by atoms with Crippen LogP contribution in [-0.4, -0.2) is 28.3 Å². The molecule has 2 amide bonds. The van der Waals surface area contributed by atoms with E-state index < -0.39 is 38.9 Å². The number of fused-ring (bicyclic) bond motifs is 1. The van der Waals surface area contributed by atoms with Crippen LogP contribution in [0.1, 0.15) is 15.9 Å². The molecule has 0 saturated heterocycles. The minimum absolute atomic E-state index is 0.0914. The monoisotopic (exact) mass is 500 g/mol. The van der Waals surface area contributed by atoms with Crippen molar-refractivity contribution >= 4 is 46.2 Å². The van der Waals surface area contributed by atoms with Gasteiger partial charge in [0.25, 0.3) is 23.2 Å². The number of hydrogen-bond acceptors (Lipinski definition) is 7. The molecule has 1 heterocycles. The standard InChI is InChI=1S/C22H14ClFN4O7/c23-17-2-1-3-18(24)16(17)10-26-19-8-13(4-5-20(19)35-11-21(26)29)25-22(30)12-6-14(27(31)32)9-15(7-12)28(33)34/h1-9H,10-11H2,(H,25,30). The lowest BCUT2D eigenvalue weighted by atomic mass is 10.1. The summed E-state index contributed by atoms with van der Waals surface area (Å²) in [6, 6.07) is 11.0. The van der Waals surface area contributed by atoms with Gasteiger partial charge in [-0.05, 0) is 30.3 Å². The zero-order valence-corrected chi connectivity index (χ0v) is 18.3. The number of halogens is 2. The number of benzene rings is 3. The number of anilines is 2. The van der Waals surface area contributed by atoms with Crippen molar-refractivity contribution in [3.05, 3.63) is 96.8 Å². The number of amides is 2. The Morgan fingerprint density at radius 1 is 1.09 bits per heavy atom. The molecule has 0 aliphatic carbocycles. The molecule has 0 unspecified atom stereocenters. The van der Waals surface area contributed by atoms with Gasteiger partial charge in [0.2, 0.25) is 0 Å². The molecule has 0 radical (unpaired) electrons. The molecule has 13 heteroatoms. The number of nitrogens with one attached hydrogen (secondary N) is 1. The molecule has 1 aliphatic heterocycles. The Labute approximate surface area is 201 Å².